The third-order valence-electron chi connectivity index (χ3n) is 8.50. The molecule has 2 aromatic carbocycles. The Bertz CT molecular complexity index is 1170. The van der Waals surface area contributed by atoms with Crippen LogP contribution in [0.25, 0.3) is 11.0 Å². The highest BCUT2D eigenvalue weighted by Crippen LogP contribution is 2.60. The number of imidazole rings is 1. The van der Waals surface area contributed by atoms with E-state index in [1.54, 1.807) is 0 Å². The van der Waals surface area contributed by atoms with Crippen LogP contribution in [0.2, 0.25) is 5.02 Å². The van der Waals surface area contributed by atoms with Gasteiger partial charge in [-0.15, -0.1) is 0 Å². The van der Waals surface area contributed by atoms with Gasteiger partial charge in [0.15, 0.2) is 0 Å². The van der Waals surface area contributed by atoms with Crippen LogP contribution in [0.1, 0.15) is 50.8 Å². The second-order valence-electron chi connectivity index (χ2n) is 11.0. The number of carbonyl (C=O) groups is 1. The summed E-state index contributed by atoms with van der Waals surface area (Å²) in [7, 11) is 0. The second kappa shape index (κ2) is 9.50. The van der Waals surface area contributed by atoms with Crippen molar-refractivity contribution in [2.24, 2.45) is 23.2 Å². The molecule has 35 heavy (non-hydrogen) atoms. The van der Waals surface area contributed by atoms with Gasteiger partial charge in [-0.3, -0.25) is 4.79 Å². The Balaban J connectivity index is 1.08. The molecule has 4 aliphatic rings. The summed E-state index contributed by atoms with van der Waals surface area (Å²) in [4.78, 5) is 18.3. The number of para-hydroxylation sites is 2. The Morgan fingerprint density at radius 3 is 2.43 bits per heavy atom. The average molecular weight is 492 g/mol. The summed E-state index contributed by atoms with van der Waals surface area (Å²) < 4.78 is 8.18. The fourth-order valence-corrected chi connectivity index (χ4v) is 7.50. The number of aromatic nitrogens is 2. The lowest BCUT2D eigenvalue weighted by Gasteiger charge is -2.55. The first-order valence-electron chi connectivity index (χ1n) is 13.2. The third kappa shape index (κ3) is 4.67. The number of carbonyl (C=O) groups excluding carboxylic acids is 1. The number of aryl methyl sites for hydroxylation is 1. The van der Waals surface area contributed by atoms with E-state index >= 15 is 0 Å². The molecule has 0 atom stereocenters. The number of ether oxygens (including phenoxy) is 1. The predicted molar refractivity (Wildman–Crippen MR) is 139 cm³/mol. The van der Waals surface area contributed by atoms with Gasteiger partial charge in [-0.1, -0.05) is 23.7 Å². The van der Waals surface area contributed by atoms with Crippen LogP contribution in [0.15, 0.2) is 48.5 Å². The van der Waals surface area contributed by atoms with Crippen molar-refractivity contribution in [1.29, 1.82) is 0 Å². The zero-order valence-corrected chi connectivity index (χ0v) is 21.0. The molecule has 4 aliphatic carbocycles. The average Bonchev–Trinajstić information content (AvgIpc) is 3.19. The van der Waals surface area contributed by atoms with Crippen molar-refractivity contribution in [1.82, 2.24) is 14.9 Å². The summed E-state index contributed by atoms with van der Waals surface area (Å²) in [6.07, 6.45) is 9.01. The van der Waals surface area contributed by atoms with Crippen molar-refractivity contribution in [2.75, 3.05) is 13.2 Å². The van der Waals surface area contributed by atoms with Crippen molar-refractivity contribution in [3.63, 3.8) is 0 Å². The lowest BCUT2D eigenvalue weighted by Crippen LogP contribution is -2.53. The molecule has 1 N–H and O–H groups in total. The van der Waals surface area contributed by atoms with Gasteiger partial charge in [0, 0.05) is 29.9 Å². The monoisotopic (exact) mass is 491 g/mol. The van der Waals surface area contributed by atoms with Gasteiger partial charge in [0.05, 0.1) is 17.6 Å². The SMILES string of the molecule is O=C(NCCc1nc2ccccc2n1CCCOc1ccc(Cl)cc1)C12CC3CC(CC(C3)C1)C2. The Hall–Kier alpha value is -2.53. The van der Waals surface area contributed by atoms with E-state index in [4.69, 9.17) is 21.3 Å². The molecule has 0 aliphatic heterocycles. The highest BCUT2D eigenvalue weighted by atomic mass is 35.5. The smallest absolute Gasteiger partial charge is 0.226 e. The first-order valence-corrected chi connectivity index (χ1v) is 13.6. The molecule has 1 heterocycles. The van der Waals surface area contributed by atoms with Gasteiger partial charge < -0.3 is 14.6 Å². The predicted octanol–water partition coefficient (Wildman–Crippen LogP) is 6.03. The van der Waals surface area contributed by atoms with Gasteiger partial charge in [-0.2, -0.15) is 0 Å². The lowest BCUT2D eigenvalue weighted by atomic mass is 9.49. The molecule has 6 heteroatoms. The summed E-state index contributed by atoms with van der Waals surface area (Å²) in [5, 5.41) is 4.04. The maximum atomic E-state index is 13.3. The summed E-state index contributed by atoms with van der Waals surface area (Å²) >= 11 is 5.96. The van der Waals surface area contributed by atoms with Crippen LogP contribution >= 0.6 is 11.6 Å². The Morgan fingerprint density at radius 2 is 1.71 bits per heavy atom. The molecule has 5 nitrogen and oxygen atoms in total. The Kier molecular flexibility index (Phi) is 6.21. The number of hydrogen-bond acceptors (Lipinski definition) is 3. The molecule has 0 saturated heterocycles. The minimum absolute atomic E-state index is 0.0894. The minimum atomic E-state index is -0.0894. The third-order valence-corrected chi connectivity index (χ3v) is 8.75. The normalized spacial score (nSPS) is 26.8. The standard InChI is InChI=1S/C29H34ClN3O2/c30-23-6-8-24(9-7-23)35-13-3-12-33-26-5-2-1-4-25(26)32-27(33)10-11-31-28(34)29-17-20-14-21(18-29)16-22(15-20)19-29/h1-2,4-9,20-22H,3,10-19H2,(H,31,34). The van der Waals surface area contributed by atoms with Crippen LogP contribution in [0.4, 0.5) is 0 Å². The van der Waals surface area contributed by atoms with E-state index in [-0.39, 0.29) is 5.41 Å². The molecule has 0 radical (unpaired) electrons. The fourth-order valence-electron chi connectivity index (χ4n) is 7.37. The first kappa shape index (κ1) is 22.9. The van der Waals surface area contributed by atoms with Crippen molar-refractivity contribution in [2.45, 2.75) is 57.9 Å². The van der Waals surface area contributed by atoms with Crippen LogP contribution in [-0.4, -0.2) is 28.6 Å². The fraction of sp³-hybridized carbons (Fsp3) is 0.517. The number of rotatable bonds is 9. The summed E-state index contributed by atoms with van der Waals surface area (Å²) in [5.41, 5.74) is 2.06. The van der Waals surface area contributed by atoms with E-state index in [2.05, 4.69) is 28.1 Å². The number of hydrogen-bond donors (Lipinski definition) is 1. The lowest BCUT2D eigenvalue weighted by molar-refractivity contribution is -0.146. The van der Waals surface area contributed by atoms with E-state index < -0.39 is 0 Å². The number of nitrogens with one attached hydrogen (secondary N) is 1. The minimum Gasteiger partial charge on any atom is -0.494 e. The summed E-state index contributed by atoms with van der Waals surface area (Å²) in [6.45, 7) is 2.09. The summed E-state index contributed by atoms with van der Waals surface area (Å²) in [6, 6.07) is 15.8. The number of nitrogens with zero attached hydrogens (tertiary/aromatic N) is 2. The molecule has 3 aromatic rings. The van der Waals surface area contributed by atoms with Crippen LogP contribution in [0.5, 0.6) is 5.75 Å². The number of halogens is 1. The van der Waals surface area contributed by atoms with Gasteiger partial charge >= 0.3 is 0 Å². The number of fused-ring (bicyclic) bond motifs is 1. The zero-order chi connectivity index (χ0) is 23.8. The molecular weight excluding hydrogens is 458 g/mol. The van der Waals surface area contributed by atoms with E-state index in [1.807, 2.05) is 30.3 Å². The van der Waals surface area contributed by atoms with Crippen molar-refractivity contribution < 1.29 is 9.53 Å². The molecule has 0 unspecified atom stereocenters. The zero-order valence-electron chi connectivity index (χ0n) is 20.2. The molecule has 0 spiro atoms. The Labute approximate surface area is 212 Å². The molecule has 4 bridgehead atoms. The number of benzene rings is 2. The quantitative estimate of drug-likeness (QED) is 0.371. The van der Waals surface area contributed by atoms with Gasteiger partial charge in [0.1, 0.15) is 11.6 Å². The first-order chi connectivity index (χ1) is 17.1. The van der Waals surface area contributed by atoms with Crippen molar-refractivity contribution in [3.05, 3.63) is 59.4 Å². The van der Waals surface area contributed by atoms with Gasteiger partial charge in [0.2, 0.25) is 5.91 Å². The summed E-state index contributed by atoms with van der Waals surface area (Å²) in [5.74, 6) is 4.51. The van der Waals surface area contributed by atoms with Crippen LogP contribution in [0.3, 0.4) is 0 Å². The highest BCUT2D eigenvalue weighted by molar-refractivity contribution is 6.30. The molecule has 4 saturated carbocycles. The largest absolute Gasteiger partial charge is 0.494 e. The van der Waals surface area contributed by atoms with Gasteiger partial charge in [-0.05, 0) is 99.1 Å². The molecular formula is C29H34ClN3O2. The van der Waals surface area contributed by atoms with E-state index in [1.165, 1.54) is 19.3 Å². The molecule has 184 valence electrons. The maximum Gasteiger partial charge on any atom is 0.226 e. The Morgan fingerprint density at radius 1 is 1.03 bits per heavy atom. The van der Waals surface area contributed by atoms with Crippen LogP contribution in [0, 0.1) is 23.2 Å². The van der Waals surface area contributed by atoms with E-state index in [0.29, 0.717) is 24.1 Å². The van der Waals surface area contributed by atoms with Gasteiger partial charge in [-0.25, -0.2) is 4.98 Å². The van der Waals surface area contributed by atoms with Crippen LogP contribution in [-0.2, 0) is 17.8 Å². The van der Waals surface area contributed by atoms with Gasteiger partial charge in [0.25, 0.3) is 0 Å². The molecule has 7 rings (SSSR count). The number of amides is 1. The topological polar surface area (TPSA) is 56.2 Å². The molecule has 4 fully saturated rings. The van der Waals surface area contributed by atoms with E-state index in [9.17, 15) is 4.79 Å². The molecule has 1 amide bonds. The van der Waals surface area contributed by atoms with E-state index in [0.717, 1.165) is 79.0 Å². The molecule has 1 aromatic heterocycles. The highest BCUT2D eigenvalue weighted by Gasteiger charge is 2.54. The van der Waals surface area contributed by atoms with Crippen molar-refractivity contribution in [3.8, 4) is 5.75 Å². The maximum absolute atomic E-state index is 13.3. The van der Waals surface area contributed by atoms with Crippen molar-refractivity contribution >= 4 is 28.5 Å². The van der Waals surface area contributed by atoms with Crippen LogP contribution < -0.4 is 10.1 Å². The second-order valence-corrected chi connectivity index (χ2v) is 11.5.